The van der Waals surface area contributed by atoms with Gasteiger partial charge in [-0.15, -0.1) is 0 Å². The molecule has 0 saturated carbocycles. The number of aromatic nitrogens is 3. The maximum absolute atomic E-state index is 2.44. The quantitative estimate of drug-likeness (QED) is 0.156. The lowest BCUT2D eigenvalue weighted by molar-refractivity contribution is 1.17. The average Bonchev–Trinajstić information content (AvgIpc) is 4.05. The fourth-order valence-corrected chi connectivity index (χ4v) is 11.0. The molecule has 0 spiro atoms. The van der Waals surface area contributed by atoms with Crippen LogP contribution in [0.5, 0.6) is 0 Å². The predicted octanol–water partition coefficient (Wildman–Crippen LogP) is 17.3. The van der Waals surface area contributed by atoms with E-state index in [9.17, 15) is 0 Å². The number of anilines is 3. The number of fused-ring (bicyclic) bond motifs is 10. The molecule has 0 aliphatic rings. The normalized spacial score (nSPS) is 11.8. The zero-order valence-corrected chi connectivity index (χ0v) is 37.0. The summed E-state index contributed by atoms with van der Waals surface area (Å²) < 4.78 is 7.20. The molecule has 0 atom stereocenters. The van der Waals surface area contributed by atoms with Gasteiger partial charge in [-0.1, -0.05) is 152 Å². The molecule has 3 aromatic heterocycles. The van der Waals surface area contributed by atoms with Crippen LogP contribution in [-0.2, 0) is 0 Å². The number of benzene rings is 11. The fraction of sp³-hybridized carbons (Fsp3) is 0. The predicted molar refractivity (Wildman–Crippen MR) is 287 cm³/mol. The van der Waals surface area contributed by atoms with Gasteiger partial charge in [-0.2, -0.15) is 0 Å². The van der Waals surface area contributed by atoms with Gasteiger partial charge >= 0.3 is 0 Å². The Morgan fingerprint density at radius 3 is 1.15 bits per heavy atom. The van der Waals surface area contributed by atoms with Crippen molar-refractivity contribution in [1.29, 1.82) is 0 Å². The summed E-state index contributed by atoms with van der Waals surface area (Å²) in [6, 6.07) is 92.9. The second-order valence-electron chi connectivity index (χ2n) is 17.7. The Kier molecular flexibility index (Phi) is 8.55. The maximum Gasteiger partial charge on any atom is 0.0542 e. The van der Waals surface area contributed by atoms with Crippen LogP contribution in [0, 0.1) is 0 Å². The van der Waals surface area contributed by atoms with E-state index in [2.05, 4.69) is 273 Å². The van der Waals surface area contributed by atoms with Gasteiger partial charge in [0.1, 0.15) is 0 Å². The zero-order chi connectivity index (χ0) is 44.7. The Labute approximate surface area is 393 Å². The molecule has 0 unspecified atom stereocenters. The molecule has 0 saturated heterocycles. The van der Waals surface area contributed by atoms with Crippen molar-refractivity contribution in [2.75, 3.05) is 4.90 Å². The van der Waals surface area contributed by atoms with E-state index in [-0.39, 0.29) is 0 Å². The van der Waals surface area contributed by atoms with Gasteiger partial charge in [0.25, 0.3) is 0 Å². The lowest BCUT2D eigenvalue weighted by Crippen LogP contribution is -2.11. The third kappa shape index (κ3) is 5.81. The van der Waals surface area contributed by atoms with Gasteiger partial charge in [0.05, 0.1) is 44.5 Å². The second-order valence-corrected chi connectivity index (χ2v) is 17.7. The molecule has 4 heteroatoms. The van der Waals surface area contributed by atoms with Crippen LogP contribution in [0.2, 0.25) is 0 Å². The molecule has 14 rings (SSSR count). The largest absolute Gasteiger partial charge is 0.310 e. The standard InChI is InChI=1S/C64H42N4/c1-2-16-45(17-3-1)66-59-27-13-10-24-55(59)56-42-44(32-39-64(56)66)43-30-33-46(34-31-43)65(47-35-37-48(38-36-47)67-57-25-11-6-20-49(57)50-21-7-12-26-58(50)67)62-40-41-63(54-19-5-4-18-53(54)62)68-60-28-14-8-22-51(60)52-23-9-15-29-61(52)68/h1-42H. The highest BCUT2D eigenvalue weighted by Crippen LogP contribution is 2.44. The van der Waals surface area contributed by atoms with Crippen molar-refractivity contribution in [1.82, 2.24) is 13.7 Å². The molecule has 318 valence electrons. The molecule has 0 aliphatic carbocycles. The summed E-state index contributed by atoms with van der Waals surface area (Å²) in [6.07, 6.45) is 0. The molecule has 68 heavy (non-hydrogen) atoms. The third-order valence-electron chi connectivity index (χ3n) is 14.0. The smallest absolute Gasteiger partial charge is 0.0542 e. The molecule has 11 aromatic carbocycles. The monoisotopic (exact) mass is 866 g/mol. The van der Waals surface area contributed by atoms with E-state index < -0.39 is 0 Å². The lowest BCUT2D eigenvalue weighted by atomic mass is 10.0. The first-order chi connectivity index (χ1) is 33.8. The Morgan fingerprint density at radius 2 is 0.618 bits per heavy atom. The number of hydrogen-bond donors (Lipinski definition) is 0. The van der Waals surface area contributed by atoms with Crippen molar-refractivity contribution >= 4 is 93.3 Å². The molecule has 4 nitrogen and oxygen atoms in total. The first-order valence-corrected chi connectivity index (χ1v) is 23.3. The summed E-state index contributed by atoms with van der Waals surface area (Å²) in [5.74, 6) is 0. The van der Waals surface area contributed by atoms with E-state index >= 15 is 0 Å². The van der Waals surface area contributed by atoms with Crippen molar-refractivity contribution in [3.8, 4) is 28.2 Å². The summed E-state index contributed by atoms with van der Waals surface area (Å²) in [6.45, 7) is 0. The first kappa shape index (κ1) is 38.2. The lowest BCUT2D eigenvalue weighted by Gasteiger charge is -2.28. The van der Waals surface area contributed by atoms with Crippen LogP contribution in [0.4, 0.5) is 17.1 Å². The second kappa shape index (κ2) is 15.2. The number of rotatable bonds is 7. The van der Waals surface area contributed by atoms with E-state index in [0.717, 1.165) is 34.1 Å². The van der Waals surface area contributed by atoms with Crippen LogP contribution in [0.1, 0.15) is 0 Å². The summed E-state index contributed by atoms with van der Waals surface area (Å²) in [4.78, 5) is 2.42. The molecule has 0 aliphatic heterocycles. The van der Waals surface area contributed by atoms with Gasteiger partial charge in [0.15, 0.2) is 0 Å². The minimum atomic E-state index is 1.08. The average molecular weight is 867 g/mol. The summed E-state index contributed by atoms with van der Waals surface area (Å²) >= 11 is 0. The summed E-state index contributed by atoms with van der Waals surface area (Å²) in [5.41, 5.74) is 16.2. The van der Waals surface area contributed by atoms with E-state index in [4.69, 9.17) is 0 Å². The van der Waals surface area contributed by atoms with Gasteiger partial charge in [-0.25, -0.2) is 0 Å². The highest BCUT2D eigenvalue weighted by Gasteiger charge is 2.21. The molecule has 0 bridgehead atoms. The highest BCUT2D eigenvalue weighted by molar-refractivity contribution is 6.13. The molecular formula is C64H42N4. The third-order valence-corrected chi connectivity index (χ3v) is 14.0. The van der Waals surface area contributed by atoms with Crippen molar-refractivity contribution in [3.63, 3.8) is 0 Å². The minimum absolute atomic E-state index is 1.08. The Balaban J connectivity index is 0.932. The summed E-state index contributed by atoms with van der Waals surface area (Å²) in [7, 11) is 0. The van der Waals surface area contributed by atoms with Crippen LogP contribution in [0.3, 0.4) is 0 Å². The Bertz CT molecular complexity index is 4140. The van der Waals surface area contributed by atoms with Gasteiger partial charge in [0, 0.05) is 65.8 Å². The van der Waals surface area contributed by atoms with Crippen LogP contribution < -0.4 is 4.90 Å². The number of nitrogens with zero attached hydrogens (tertiary/aromatic N) is 4. The van der Waals surface area contributed by atoms with Crippen LogP contribution in [0.25, 0.3) is 104 Å². The number of hydrogen-bond acceptors (Lipinski definition) is 1. The van der Waals surface area contributed by atoms with Gasteiger partial charge in [0.2, 0.25) is 0 Å². The molecule has 0 amide bonds. The van der Waals surface area contributed by atoms with Crippen LogP contribution in [0.15, 0.2) is 255 Å². The van der Waals surface area contributed by atoms with Gasteiger partial charge in [-0.05, 0) is 114 Å². The van der Waals surface area contributed by atoms with Crippen molar-refractivity contribution in [2.45, 2.75) is 0 Å². The van der Waals surface area contributed by atoms with Crippen LogP contribution in [-0.4, -0.2) is 13.7 Å². The van der Waals surface area contributed by atoms with E-state index in [1.54, 1.807) is 0 Å². The van der Waals surface area contributed by atoms with Crippen molar-refractivity contribution in [2.24, 2.45) is 0 Å². The van der Waals surface area contributed by atoms with Gasteiger partial charge in [-0.3, -0.25) is 0 Å². The number of para-hydroxylation sites is 6. The Morgan fingerprint density at radius 1 is 0.235 bits per heavy atom. The zero-order valence-electron chi connectivity index (χ0n) is 37.0. The van der Waals surface area contributed by atoms with Crippen molar-refractivity contribution in [3.05, 3.63) is 255 Å². The fourth-order valence-electron chi connectivity index (χ4n) is 11.0. The topological polar surface area (TPSA) is 18.0 Å². The first-order valence-electron chi connectivity index (χ1n) is 23.3. The van der Waals surface area contributed by atoms with Gasteiger partial charge < -0.3 is 18.6 Å². The van der Waals surface area contributed by atoms with Crippen LogP contribution >= 0.6 is 0 Å². The molecule has 0 radical (unpaired) electrons. The SMILES string of the molecule is c1ccc(-n2c3ccccc3c3cc(-c4ccc(N(c5ccc(-n6c7ccccc7c7ccccc76)cc5)c5ccc(-n6c7ccccc7c7ccccc76)c6ccccc56)cc4)ccc32)cc1. The molecule has 0 fully saturated rings. The van der Waals surface area contributed by atoms with E-state index in [1.165, 1.54) is 87.3 Å². The Hall–Kier alpha value is -9.12. The molecule has 3 heterocycles. The van der Waals surface area contributed by atoms with E-state index in [1.807, 2.05) is 0 Å². The summed E-state index contributed by atoms with van der Waals surface area (Å²) in [5, 5.41) is 9.85. The van der Waals surface area contributed by atoms with Crippen molar-refractivity contribution < 1.29 is 0 Å². The maximum atomic E-state index is 2.44. The molecular weight excluding hydrogens is 825 g/mol. The van der Waals surface area contributed by atoms with E-state index in [0.29, 0.717) is 0 Å². The highest BCUT2D eigenvalue weighted by atomic mass is 15.1. The molecule has 0 N–H and O–H groups in total. The molecule has 14 aromatic rings. The minimum Gasteiger partial charge on any atom is -0.310 e.